The Balaban J connectivity index is 2.33. The minimum absolute atomic E-state index is 0.0889. The van der Waals surface area contributed by atoms with Gasteiger partial charge in [-0.25, -0.2) is 4.98 Å². The molecule has 108 valence electrons. The minimum Gasteiger partial charge on any atom is -0.439 e. The van der Waals surface area contributed by atoms with Crippen LogP contribution in [0.5, 0.6) is 11.6 Å². The zero-order chi connectivity index (χ0) is 15.6. The molecule has 0 N–H and O–H groups in total. The lowest BCUT2D eigenvalue weighted by atomic mass is 9.86. The summed E-state index contributed by atoms with van der Waals surface area (Å²) in [7, 11) is 0. The maximum atomic E-state index is 8.94. The van der Waals surface area contributed by atoms with Gasteiger partial charge >= 0.3 is 0 Å². The van der Waals surface area contributed by atoms with Gasteiger partial charge in [-0.15, -0.1) is 0 Å². The summed E-state index contributed by atoms with van der Waals surface area (Å²) >= 11 is 5.88. The Labute approximate surface area is 130 Å². The van der Waals surface area contributed by atoms with Crippen molar-refractivity contribution in [2.24, 2.45) is 0 Å². The Kier molecular flexibility index (Phi) is 4.20. The number of hydrogen-bond acceptors (Lipinski definition) is 3. The molecule has 2 aromatic rings. The number of halogens is 1. The van der Waals surface area contributed by atoms with Crippen LogP contribution in [0, 0.1) is 18.3 Å². The molecule has 0 fully saturated rings. The molecular weight excluding hydrogens is 284 g/mol. The number of nitriles is 1. The highest BCUT2D eigenvalue weighted by Crippen LogP contribution is 2.30. The van der Waals surface area contributed by atoms with E-state index in [2.05, 4.69) is 31.8 Å². The van der Waals surface area contributed by atoms with E-state index in [0.29, 0.717) is 17.2 Å². The number of pyridine rings is 1. The molecule has 0 saturated carbocycles. The van der Waals surface area contributed by atoms with Crippen molar-refractivity contribution in [1.82, 2.24) is 4.98 Å². The summed E-state index contributed by atoms with van der Waals surface area (Å²) in [6.45, 7) is 8.49. The summed E-state index contributed by atoms with van der Waals surface area (Å²) in [5.41, 5.74) is 2.77. The number of nitrogens with zero attached hydrogens (tertiary/aromatic N) is 2. The van der Waals surface area contributed by atoms with Crippen molar-refractivity contribution >= 4 is 11.6 Å². The molecular formula is C17H17ClN2O. The van der Waals surface area contributed by atoms with Crippen LogP contribution in [0.15, 0.2) is 30.3 Å². The highest BCUT2D eigenvalue weighted by Gasteiger charge is 2.15. The molecule has 0 aliphatic rings. The first-order valence-electron chi connectivity index (χ1n) is 6.66. The first kappa shape index (κ1) is 15.3. The van der Waals surface area contributed by atoms with Gasteiger partial charge in [-0.05, 0) is 35.6 Å². The Bertz CT molecular complexity index is 712. The van der Waals surface area contributed by atoms with Crippen LogP contribution in [-0.2, 0) is 5.41 Å². The fourth-order valence-electron chi connectivity index (χ4n) is 1.93. The van der Waals surface area contributed by atoms with Crippen LogP contribution in [0.4, 0.5) is 0 Å². The molecule has 0 aliphatic heterocycles. The summed E-state index contributed by atoms with van der Waals surface area (Å²) in [6.07, 6.45) is 0. The maximum absolute atomic E-state index is 8.94. The molecule has 1 heterocycles. The van der Waals surface area contributed by atoms with Crippen molar-refractivity contribution in [2.75, 3.05) is 0 Å². The fourth-order valence-corrected chi connectivity index (χ4v) is 2.13. The number of aromatic nitrogens is 1. The van der Waals surface area contributed by atoms with Crippen LogP contribution in [0.3, 0.4) is 0 Å². The van der Waals surface area contributed by atoms with Gasteiger partial charge in [-0.2, -0.15) is 5.26 Å². The van der Waals surface area contributed by atoms with Crippen molar-refractivity contribution in [3.05, 3.63) is 52.2 Å². The molecule has 0 aliphatic carbocycles. The van der Waals surface area contributed by atoms with Gasteiger partial charge in [0, 0.05) is 6.07 Å². The van der Waals surface area contributed by atoms with Gasteiger partial charge in [-0.1, -0.05) is 44.5 Å². The quantitative estimate of drug-likeness (QED) is 0.733. The van der Waals surface area contributed by atoms with Gasteiger partial charge in [-0.3, -0.25) is 0 Å². The minimum atomic E-state index is 0.0889. The van der Waals surface area contributed by atoms with E-state index in [-0.39, 0.29) is 10.6 Å². The monoisotopic (exact) mass is 300 g/mol. The zero-order valence-electron chi connectivity index (χ0n) is 12.6. The summed E-state index contributed by atoms with van der Waals surface area (Å²) in [6, 6.07) is 11.2. The highest BCUT2D eigenvalue weighted by atomic mass is 35.5. The van der Waals surface area contributed by atoms with Crippen molar-refractivity contribution < 1.29 is 4.74 Å². The smallest absolute Gasteiger partial charge is 0.221 e. The third-order valence-corrected chi connectivity index (χ3v) is 3.35. The zero-order valence-corrected chi connectivity index (χ0v) is 13.3. The van der Waals surface area contributed by atoms with Crippen LogP contribution < -0.4 is 4.74 Å². The molecule has 21 heavy (non-hydrogen) atoms. The molecule has 1 aromatic heterocycles. The van der Waals surface area contributed by atoms with Gasteiger partial charge in [0.15, 0.2) is 0 Å². The van der Waals surface area contributed by atoms with Crippen LogP contribution in [0.1, 0.15) is 37.5 Å². The van der Waals surface area contributed by atoms with Gasteiger partial charge in [0.1, 0.15) is 10.9 Å². The number of hydrogen-bond donors (Lipinski definition) is 0. The first-order chi connectivity index (χ1) is 9.79. The van der Waals surface area contributed by atoms with Crippen molar-refractivity contribution in [2.45, 2.75) is 33.1 Å². The number of rotatable bonds is 2. The van der Waals surface area contributed by atoms with Gasteiger partial charge in [0.25, 0.3) is 0 Å². The molecule has 0 bridgehead atoms. The second-order valence-corrected chi connectivity index (χ2v) is 6.35. The molecule has 1 aromatic carbocycles. The predicted octanol–water partition coefficient (Wildman–Crippen LogP) is 5.00. The van der Waals surface area contributed by atoms with Crippen molar-refractivity contribution in [3.63, 3.8) is 0 Å². The molecule has 2 rings (SSSR count). The molecule has 3 nitrogen and oxygen atoms in total. The van der Waals surface area contributed by atoms with Gasteiger partial charge in [0.05, 0.1) is 11.6 Å². The highest BCUT2D eigenvalue weighted by molar-refractivity contribution is 6.29. The van der Waals surface area contributed by atoms with E-state index in [1.165, 1.54) is 11.6 Å². The lowest BCUT2D eigenvalue weighted by Gasteiger charge is -2.20. The van der Waals surface area contributed by atoms with E-state index in [1.54, 1.807) is 6.07 Å². The summed E-state index contributed by atoms with van der Waals surface area (Å²) in [5.74, 6) is 1.03. The first-order valence-corrected chi connectivity index (χ1v) is 7.04. The fraction of sp³-hybridized carbons (Fsp3) is 0.294. The van der Waals surface area contributed by atoms with E-state index < -0.39 is 0 Å². The molecule has 0 amide bonds. The van der Waals surface area contributed by atoms with E-state index in [1.807, 2.05) is 25.1 Å². The lowest BCUT2D eigenvalue weighted by molar-refractivity contribution is 0.458. The molecule has 4 heteroatoms. The molecule has 0 saturated heterocycles. The third kappa shape index (κ3) is 3.74. The lowest BCUT2D eigenvalue weighted by Crippen LogP contribution is -2.11. The normalized spacial score (nSPS) is 11.0. The molecule has 0 spiro atoms. The Morgan fingerprint density at radius 2 is 1.90 bits per heavy atom. The van der Waals surface area contributed by atoms with Gasteiger partial charge in [0.2, 0.25) is 5.88 Å². The SMILES string of the molecule is Cc1cc(C(C)(C)C)ccc1Oc1cc(C#N)cc(Cl)n1. The number of aryl methyl sites for hydroxylation is 1. The summed E-state index contributed by atoms with van der Waals surface area (Å²) < 4.78 is 5.75. The largest absolute Gasteiger partial charge is 0.439 e. The molecule has 0 radical (unpaired) electrons. The van der Waals surface area contributed by atoms with E-state index in [9.17, 15) is 0 Å². The standard InChI is InChI=1S/C17H17ClN2O/c1-11-7-13(17(2,3)4)5-6-14(11)21-16-9-12(10-19)8-15(18)20-16/h5-9H,1-4H3. The van der Waals surface area contributed by atoms with E-state index >= 15 is 0 Å². The topological polar surface area (TPSA) is 45.9 Å². The Morgan fingerprint density at radius 3 is 2.48 bits per heavy atom. The summed E-state index contributed by atoms with van der Waals surface area (Å²) in [4.78, 5) is 4.08. The Morgan fingerprint density at radius 1 is 1.19 bits per heavy atom. The third-order valence-electron chi connectivity index (χ3n) is 3.16. The van der Waals surface area contributed by atoms with E-state index in [0.717, 1.165) is 5.56 Å². The second-order valence-electron chi connectivity index (χ2n) is 5.96. The van der Waals surface area contributed by atoms with Crippen molar-refractivity contribution in [3.8, 4) is 17.7 Å². The van der Waals surface area contributed by atoms with Gasteiger partial charge < -0.3 is 4.74 Å². The Hall–Kier alpha value is -2.05. The van der Waals surface area contributed by atoms with Crippen LogP contribution in [-0.4, -0.2) is 4.98 Å². The molecule has 0 unspecified atom stereocenters. The number of benzene rings is 1. The van der Waals surface area contributed by atoms with Crippen molar-refractivity contribution in [1.29, 1.82) is 5.26 Å². The second kappa shape index (κ2) is 5.75. The average Bonchev–Trinajstić information content (AvgIpc) is 2.39. The summed E-state index contributed by atoms with van der Waals surface area (Å²) in [5, 5.41) is 9.18. The van der Waals surface area contributed by atoms with Crippen LogP contribution in [0.25, 0.3) is 0 Å². The van der Waals surface area contributed by atoms with Crippen LogP contribution >= 0.6 is 11.6 Å². The average molecular weight is 301 g/mol. The van der Waals surface area contributed by atoms with Crippen LogP contribution in [0.2, 0.25) is 5.15 Å². The molecule has 0 atom stereocenters. The predicted molar refractivity (Wildman–Crippen MR) is 83.9 cm³/mol. The van der Waals surface area contributed by atoms with E-state index in [4.69, 9.17) is 21.6 Å². The maximum Gasteiger partial charge on any atom is 0.221 e. The number of ether oxygens (including phenoxy) is 1.